The highest BCUT2D eigenvalue weighted by molar-refractivity contribution is 5.28. The van der Waals surface area contributed by atoms with E-state index in [9.17, 15) is 0 Å². The first kappa shape index (κ1) is 5.58. The molecule has 2 bridgehead atoms. The second-order valence-electron chi connectivity index (χ2n) is 5.62. The maximum Gasteiger partial charge on any atom is 0.0165 e. The standard InChI is InChI=1S/C10H15N/c11-9-3-7-1-6-2-8(4-9)10(6,7)5-9/h6-8H,1-5,11H2/t6?,7-,8+,9?,10?. The monoisotopic (exact) mass is 149 g/mol. The molecular formula is C10H15N. The zero-order valence-corrected chi connectivity index (χ0v) is 6.84. The molecule has 1 heteroatoms. The first-order valence-corrected chi connectivity index (χ1v) is 5.02. The quantitative estimate of drug-likeness (QED) is 0.555. The van der Waals surface area contributed by atoms with E-state index in [1.54, 1.807) is 0 Å². The zero-order valence-electron chi connectivity index (χ0n) is 6.84. The fourth-order valence-corrected chi connectivity index (χ4v) is 5.14. The molecule has 0 aromatic heterocycles. The third-order valence-corrected chi connectivity index (χ3v) is 5.38. The minimum Gasteiger partial charge on any atom is -0.325 e. The van der Waals surface area contributed by atoms with Crippen molar-refractivity contribution in [2.75, 3.05) is 0 Å². The largest absolute Gasteiger partial charge is 0.325 e. The molecule has 0 amide bonds. The second-order valence-corrected chi connectivity index (χ2v) is 5.62. The first-order chi connectivity index (χ1) is 5.23. The number of nitrogens with two attached hydrogens (primary N) is 1. The van der Waals surface area contributed by atoms with Crippen molar-refractivity contribution in [3.05, 3.63) is 0 Å². The lowest BCUT2D eigenvalue weighted by atomic mass is 9.38. The summed E-state index contributed by atoms with van der Waals surface area (Å²) < 4.78 is 0. The molecule has 4 saturated carbocycles. The second kappa shape index (κ2) is 1.19. The third-order valence-electron chi connectivity index (χ3n) is 5.38. The summed E-state index contributed by atoms with van der Waals surface area (Å²) in [6.07, 6.45) is 7.23. The Morgan fingerprint density at radius 2 is 1.64 bits per heavy atom. The highest BCUT2D eigenvalue weighted by Crippen LogP contribution is 2.81. The van der Waals surface area contributed by atoms with Gasteiger partial charge in [0, 0.05) is 5.54 Å². The van der Waals surface area contributed by atoms with E-state index in [-0.39, 0.29) is 0 Å². The van der Waals surface area contributed by atoms with Crippen LogP contribution in [-0.4, -0.2) is 5.54 Å². The van der Waals surface area contributed by atoms with Crippen LogP contribution in [0.3, 0.4) is 0 Å². The molecule has 60 valence electrons. The predicted octanol–water partition coefficient (Wildman–Crippen LogP) is 1.52. The first-order valence-electron chi connectivity index (χ1n) is 5.02. The summed E-state index contributed by atoms with van der Waals surface area (Å²) in [6, 6.07) is 0. The fraction of sp³-hybridized carbons (Fsp3) is 1.00. The Morgan fingerprint density at radius 3 is 2.00 bits per heavy atom. The Bertz CT molecular complexity index is 229. The summed E-state index contributed by atoms with van der Waals surface area (Å²) in [5, 5.41) is 0. The molecule has 11 heavy (non-hydrogen) atoms. The molecule has 4 rings (SSSR count). The van der Waals surface area contributed by atoms with E-state index in [2.05, 4.69) is 0 Å². The van der Waals surface area contributed by atoms with Crippen LogP contribution >= 0.6 is 0 Å². The smallest absolute Gasteiger partial charge is 0.0165 e. The molecule has 2 N–H and O–H groups in total. The van der Waals surface area contributed by atoms with Gasteiger partial charge in [0.1, 0.15) is 0 Å². The van der Waals surface area contributed by atoms with Gasteiger partial charge in [-0.05, 0) is 55.3 Å². The van der Waals surface area contributed by atoms with Gasteiger partial charge in [-0.2, -0.15) is 0 Å². The van der Waals surface area contributed by atoms with Crippen LogP contribution in [0.15, 0.2) is 0 Å². The molecule has 5 atom stereocenters. The van der Waals surface area contributed by atoms with Crippen molar-refractivity contribution in [2.45, 2.75) is 37.6 Å². The Labute approximate surface area is 67.3 Å². The Hall–Kier alpha value is -0.0400. The van der Waals surface area contributed by atoms with Crippen LogP contribution in [0.4, 0.5) is 0 Å². The number of rotatable bonds is 0. The molecule has 0 saturated heterocycles. The molecular weight excluding hydrogens is 134 g/mol. The summed E-state index contributed by atoms with van der Waals surface area (Å²) in [4.78, 5) is 0. The molecule has 0 heterocycles. The minimum absolute atomic E-state index is 0.320. The van der Waals surface area contributed by atoms with Gasteiger partial charge >= 0.3 is 0 Å². The van der Waals surface area contributed by atoms with E-state index >= 15 is 0 Å². The van der Waals surface area contributed by atoms with Crippen molar-refractivity contribution >= 4 is 0 Å². The van der Waals surface area contributed by atoms with Crippen LogP contribution in [0.25, 0.3) is 0 Å². The van der Waals surface area contributed by atoms with Crippen molar-refractivity contribution in [2.24, 2.45) is 28.9 Å². The van der Waals surface area contributed by atoms with Crippen LogP contribution in [0.2, 0.25) is 0 Å². The highest BCUT2D eigenvalue weighted by atomic mass is 14.9. The Kier molecular flexibility index (Phi) is 0.602. The number of hydrogen-bond donors (Lipinski definition) is 1. The molecule has 4 aliphatic carbocycles. The molecule has 1 nitrogen and oxygen atoms in total. The molecule has 3 unspecified atom stereocenters. The summed E-state index contributed by atoms with van der Waals surface area (Å²) in [5.74, 6) is 3.28. The molecule has 0 aromatic rings. The van der Waals surface area contributed by atoms with E-state index in [1.165, 1.54) is 32.1 Å². The van der Waals surface area contributed by atoms with Gasteiger partial charge < -0.3 is 5.73 Å². The predicted molar refractivity (Wildman–Crippen MR) is 42.9 cm³/mol. The van der Waals surface area contributed by atoms with Gasteiger partial charge in [-0.25, -0.2) is 0 Å². The van der Waals surface area contributed by atoms with Crippen LogP contribution < -0.4 is 5.73 Å². The minimum atomic E-state index is 0.320. The van der Waals surface area contributed by atoms with Crippen molar-refractivity contribution in [1.82, 2.24) is 0 Å². The SMILES string of the molecule is NC12C[C@H]3CC4C[C@@H](C1)C43C2. The summed E-state index contributed by atoms with van der Waals surface area (Å²) in [5.41, 5.74) is 7.49. The van der Waals surface area contributed by atoms with Crippen molar-refractivity contribution in [3.63, 3.8) is 0 Å². The Morgan fingerprint density at radius 1 is 1.00 bits per heavy atom. The molecule has 4 aliphatic rings. The average molecular weight is 149 g/mol. The van der Waals surface area contributed by atoms with Gasteiger partial charge in [0.05, 0.1) is 0 Å². The lowest BCUT2D eigenvalue weighted by molar-refractivity contribution is -0.175. The third kappa shape index (κ3) is 0.358. The highest BCUT2D eigenvalue weighted by Gasteiger charge is 2.76. The van der Waals surface area contributed by atoms with E-state index < -0.39 is 0 Å². The summed E-state index contributed by atoms with van der Waals surface area (Å²) in [7, 11) is 0. The van der Waals surface area contributed by atoms with Gasteiger partial charge in [0.15, 0.2) is 0 Å². The molecule has 4 fully saturated rings. The molecule has 0 aromatic carbocycles. The van der Waals surface area contributed by atoms with Crippen molar-refractivity contribution < 1.29 is 0 Å². The van der Waals surface area contributed by atoms with Crippen molar-refractivity contribution in [3.8, 4) is 0 Å². The Balaban J connectivity index is 1.90. The molecule has 0 radical (unpaired) electrons. The lowest BCUT2D eigenvalue weighted by Crippen LogP contribution is -2.60. The van der Waals surface area contributed by atoms with Gasteiger partial charge in [0.2, 0.25) is 0 Å². The average Bonchev–Trinajstić information content (AvgIpc) is 2.32. The normalized spacial score (nSPS) is 75.5. The van der Waals surface area contributed by atoms with Gasteiger partial charge in [-0.3, -0.25) is 0 Å². The lowest BCUT2D eigenvalue weighted by Gasteiger charge is -2.66. The van der Waals surface area contributed by atoms with Crippen molar-refractivity contribution in [1.29, 1.82) is 0 Å². The number of hydrogen-bond acceptors (Lipinski definition) is 1. The van der Waals surface area contributed by atoms with Crippen LogP contribution in [0.1, 0.15) is 32.1 Å². The van der Waals surface area contributed by atoms with Gasteiger partial charge in [-0.15, -0.1) is 0 Å². The van der Waals surface area contributed by atoms with E-state index in [4.69, 9.17) is 5.73 Å². The maximum atomic E-state index is 6.33. The van der Waals surface area contributed by atoms with Crippen LogP contribution in [0, 0.1) is 23.2 Å². The summed E-state index contributed by atoms with van der Waals surface area (Å²) >= 11 is 0. The van der Waals surface area contributed by atoms with Gasteiger partial charge in [-0.1, -0.05) is 0 Å². The maximum absolute atomic E-state index is 6.33. The van der Waals surface area contributed by atoms with Gasteiger partial charge in [0.25, 0.3) is 0 Å². The summed E-state index contributed by atoms with van der Waals surface area (Å²) in [6.45, 7) is 0. The van der Waals surface area contributed by atoms with E-state index in [0.717, 1.165) is 23.2 Å². The molecule has 0 aliphatic heterocycles. The van der Waals surface area contributed by atoms with E-state index in [0.29, 0.717) is 5.54 Å². The van der Waals surface area contributed by atoms with Crippen LogP contribution in [0.5, 0.6) is 0 Å². The van der Waals surface area contributed by atoms with E-state index in [1.807, 2.05) is 0 Å². The fourth-order valence-electron chi connectivity index (χ4n) is 5.14. The molecule has 1 spiro atoms. The zero-order chi connectivity index (χ0) is 7.27. The number of fused-ring (bicyclic) bond motifs is 1. The topological polar surface area (TPSA) is 26.0 Å². The van der Waals surface area contributed by atoms with Crippen LogP contribution in [-0.2, 0) is 0 Å².